The average Bonchev–Trinajstić information content (AvgIpc) is 2.60. The number of hydrogen-bond acceptors (Lipinski definition) is 3. The van der Waals surface area contributed by atoms with Crippen LogP contribution in [0.4, 0.5) is 0 Å². The van der Waals surface area contributed by atoms with Crippen LogP contribution >= 0.6 is 0 Å². The van der Waals surface area contributed by atoms with E-state index in [0.29, 0.717) is 6.61 Å². The molecule has 0 rings (SSSR count). The van der Waals surface area contributed by atoms with E-state index in [9.17, 15) is 4.79 Å². The molecular formula is C21H34O3. The van der Waals surface area contributed by atoms with Crippen LogP contribution in [0.15, 0.2) is 48.6 Å². The lowest BCUT2D eigenvalue weighted by Gasteiger charge is -2.00. The molecule has 0 aromatic carbocycles. The van der Waals surface area contributed by atoms with E-state index in [2.05, 4.69) is 16.9 Å². The van der Waals surface area contributed by atoms with Gasteiger partial charge in [-0.15, -0.1) is 0 Å². The predicted octanol–water partition coefficient (Wildman–Crippen LogP) is 5.28. The molecule has 0 spiro atoms. The summed E-state index contributed by atoms with van der Waals surface area (Å²) in [5.41, 5.74) is 0. The summed E-state index contributed by atoms with van der Waals surface area (Å²) in [6, 6.07) is 0. The standard InChI is InChI=1S/C21H34O3/c1-24-21(23)19-17-15-13-11-9-7-5-3-2-4-6-8-10-12-14-16-18-20-22/h5,7,9,11,13,15,17,19,22H,2-4,6,8,10,12,14,16,18,20H2,1H3. The van der Waals surface area contributed by atoms with Crippen LogP contribution in [0.25, 0.3) is 0 Å². The smallest absolute Gasteiger partial charge is 0.330 e. The number of aliphatic hydroxyl groups excluding tert-OH is 1. The van der Waals surface area contributed by atoms with E-state index in [1.807, 2.05) is 18.2 Å². The summed E-state index contributed by atoms with van der Waals surface area (Å²) < 4.78 is 4.49. The van der Waals surface area contributed by atoms with Gasteiger partial charge in [-0.1, -0.05) is 87.5 Å². The Balaban J connectivity index is 3.37. The Kier molecular flexibility index (Phi) is 18.1. The molecule has 0 fully saturated rings. The van der Waals surface area contributed by atoms with Gasteiger partial charge in [-0.2, -0.15) is 0 Å². The summed E-state index contributed by atoms with van der Waals surface area (Å²) in [5, 5.41) is 8.69. The first-order valence-electron chi connectivity index (χ1n) is 9.16. The highest BCUT2D eigenvalue weighted by Crippen LogP contribution is 2.10. The van der Waals surface area contributed by atoms with Crippen molar-refractivity contribution in [3.8, 4) is 0 Å². The third-order valence-electron chi connectivity index (χ3n) is 3.65. The van der Waals surface area contributed by atoms with Gasteiger partial charge in [0, 0.05) is 12.7 Å². The quantitative estimate of drug-likeness (QED) is 0.192. The van der Waals surface area contributed by atoms with Crippen LogP contribution in [0.3, 0.4) is 0 Å². The Bertz CT molecular complexity index is 392. The molecule has 0 atom stereocenters. The van der Waals surface area contributed by atoms with E-state index in [0.717, 1.165) is 12.8 Å². The van der Waals surface area contributed by atoms with Gasteiger partial charge in [0.05, 0.1) is 7.11 Å². The molecule has 0 aliphatic carbocycles. The molecular weight excluding hydrogens is 300 g/mol. The Hall–Kier alpha value is -1.61. The van der Waals surface area contributed by atoms with Gasteiger partial charge in [0.2, 0.25) is 0 Å². The number of hydrogen-bond donors (Lipinski definition) is 1. The van der Waals surface area contributed by atoms with E-state index in [1.54, 1.807) is 12.2 Å². The molecule has 0 saturated carbocycles. The number of esters is 1. The fraction of sp³-hybridized carbons (Fsp3) is 0.571. The average molecular weight is 335 g/mol. The minimum absolute atomic E-state index is 0.339. The minimum Gasteiger partial charge on any atom is -0.466 e. The highest BCUT2D eigenvalue weighted by atomic mass is 16.5. The van der Waals surface area contributed by atoms with Gasteiger partial charge in [-0.25, -0.2) is 4.79 Å². The second kappa shape index (κ2) is 19.4. The zero-order valence-corrected chi connectivity index (χ0v) is 15.2. The van der Waals surface area contributed by atoms with Gasteiger partial charge in [0.25, 0.3) is 0 Å². The molecule has 0 aliphatic rings. The van der Waals surface area contributed by atoms with Crippen molar-refractivity contribution in [1.29, 1.82) is 0 Å². The minimum atomic E-state index is -0.342. The van der Waals surface area contributed by atoms with Crippen molar-refractivity contribution < 1.29 is 14.6 Å². The number of carbonyl (C=O) groups is 1. The van der Waals surface area contributed by atoms with E-state index in [-0.39, 0.29) is 5.97 Å². The zero-order chi connectivity index (χ0) is 17.7. The van der Waals surface area contributed by atoms with Crippen LogP contribution < -0.4 is 0 Å². The number of ether oxygens (including phenoxy) is 1. The summed E-state index contributed by atoms with van der Waals surface area (Å²) in [5.74, 6) is -0.342. The van der Waals surface area contributed by atoms with E-state index in [1.165, 1.54) is 64.6 Å². The lowest BCUT2D eigenvalue weighted by Crippen LogP contribution is -1.92. The van der Waals surface area contributed by atoms with Gasteiger partial charge in [0.1, 0.15) is 0 Å². The fourth-order valence-electron chi connectivity index (χ4n) is 2.24. The molecule has 0 saturated heterocycles. The molecule has 0 amide bonds. The molecule has 3 nitrogen and oxygen atoms in total. The lowest BCUT2D eigenvalue weighted by atomic mass is 10.1. The first-order valence-corrected chi connectivity index (χ1v) is 9.16. The molecule has 0 unspecified atom stereocenters. The Morgan fingerprint density at radius 2 is 1.25 bits per heavy atom. The number of aliphatic hydroxyl groups is 1. The maximum absolute atomic E-state index is 10.8. The highest BCUT2D eigenvalue weighted by molar-refractivity contribution is 5.82. The topological polar surface area (TPSA) is 46.5 Å². The number of carbonyl (C=O) groups excluding carboxylic acids is 1. The summed E-state index contributed by atoms with van der Waals surface area (Å²) in [4.78, 5) is 10.8. The Morgan fingerprint density at radius 3 is 1.83 bits per heavy atom. The number of methoxy groups -OCH3 is 1. The lowest BCUT2D eigenvalue weighted by molar-refractivity contribution is -0.134. The van der Waals surface area contributed by atoms with Crippen molar-refractivity contribution in [1.82, 2.24) is 0 Å². The molecule has 3 heteroatoms. The molecule has 0 radical (unpaired) electrons. The zero-order valence-electron chi connectivity index (χ0n) is 15.2. The highest BCUT2D eigenvalue weighted by Gasteiger charge is 1.91. The van der Waals surface area contributed by atoms with Gasteiger partial charge in [0.15, 0.2) is 0 Å². The second-order valence-corrected chi connectivity index (χ2v) is 5.77. The Morgan fingerprint density at radius 1 is 0.750 bits per heavy atom. The van der Waals surface area contributed by atoms with Gasteiger partial charge >= 0.3 is 5.97 Å². The maximum atomic E-state index is 10.8. The van der Waals surface area contributed by atoms with Crippen molar-refractivity contribution >= 4 is 5.97 Å². The van der Waals surface area contributed by atoms with Gasteiger partial charge in [-0.05, 0) is 19.3 Å². The van der Waals surface area contributed by atoms with Crippen molar-refractivity contribution in [3.05, 3.63) is 48.6 Å². The van der Waals surface area contributed by atoms with Crippen molar-refractivity contribution in [3.63, 3.8) is 0 Å². The molecule has 1 N–H and O–H groups in total. The number of allylic oxidation sites excluding steroid dienone is 7. The first-order chi connectivity index (χ1) is 11.8. The molecule has 0 aliphatic heterocycles. The maximum Gasteiger partial charge on any atom is 0.330 e. The van der Waals surface area contributed by atoms with Crippen molar-refractivity contribution in [2.24, 2.45) is 0 Å². The predicted molar refractivity (Wildman–Crippen MR) is 102 cm³/mol. The SMILES string of the molecule is COC(=O)C=CC=CC=CC=CCCCCCCCCCCCO. The molecule has 24 heavy (non-hydrogen) atoms. The normalized spacial score (nSPS) is 12.2. The van der Waals surface area contributed by atoms with E-state index >= 15 is 0 Å². The summed E-state index contributed by atoms with van der Waals surface area (Å²) >= 11 is 0. The fourth-order valence-corrected chi connectivity index (χ4v) is 2.24. The van der Waals surface area contributed by atoms with Crippen LogP contribution in [0, 0.1) is 0 Å². The van der Waals surface area contributed by atoms with E-state index < -0.39 is 0 Å². The number of unbranched alkanes of at least 4 members (excludes halogenated alkanes) is 9. The third kappa shape index (κ3) is 18.4. The molecule has 0 aromatic heterocycles. The van der Waals surface area contributed by atoms with Crippen molar-refractivity contribution in [2.75, 3.05) is 13.7 Å². The second-order valence-electron chi connectivity index (χ2n) is 5.77. The van der Waals surface area contributed by atoms with Crippen LogP contribution in [0.2, 0.25) is 0 Å². The van der Waals surface area contributed by atoms with Crippen LogP contribution in [-0.2, 0) is 9.53 Å². The monoisotopic (exact) mass is 334 g/mol. The summed E-state index contributed by atoms with van der Waals surface area (Å²) in [6.45, 7) is 0.339. The molecule has 0 bridgehead atoms. The number of rotatable bonds is 15. The summed E-state index contributed by atoms with van der Waals surface area (Å²) in [7, 11) is 1.36. The summed E-state index contributed by atoms with van der Waals surface area (Å²) in [6.07, 6.45) is 27.3. The molecule has 0 heterocycles. The van der Waals surface area contributed by atoms with E-state index in [4.69, 9.17) is 5.11 Å². The first kappa shape index (κ1) is 22.4. The van der Waals surface area contributed by atoms with Crippen LogP contribution in [-0.4, -0.2) is 24.8 Å². The van der Waals surface area contributed by atoms with Crippen molar-refractivity contribution in [2.45, 2.75) is 64.2 Å². The largest absolute Gasteiger partial charge is 0.466 e. The van der Waals surface area contributed by atoms with Crippen LogP contribution in [0.1, 0.15) is 64.2 Å². The Labute approximate surface area is 147 Å². The van der Waals surface area contributed by atoms with Crippen LogP contribution in [0.5, 0.6) is 0 Å². The molecule has 136 valence electrons. The van der Waals surface area contributed by atoms with Gasteiger partial charge in [-0.3, -0.25) is 0 Å². The third-order valence-corrected chi connectivity index (χ3v) is 3.65. The van der Waals surface area contributed by atoms with Gasteiger partial charge < -0.3 is 9.84 Å². The molecule has 0 aromatic rings.